The van der Waals surface area contributed by atoms with E-state index in [0.29, 0.717) is 0 Å². The molecule has 2 rings (SSSR count). The maximum absolute atomic E-state index is 5.66. The zero-order valence-electron chi connectivity index (χ0n) is 10.6. The lowest BCUT2D eigenvalue weighted by atomic mass is 9.87. The molecule has 2 aliphatic heterocycles. The molecule has 3 nitrogen and oxygen atoms in total. The Bertz CT molecular complexity index is 201. The van der Waals surface area contributed by atoms with E-state index in [1.54, 1.807) is 0 Å². The average Bonchev–Trinajstić information content (AvgIpc) is 2.31. The summed E-state index contributed by atoms with van der Waals surface area (Å²) in [6.45, 7) is 6.99. The Hall–Kier alpha value is -0.120. The normalized spacial score (nSPS) is 34.1. The lowest BCUT2D eigenvalue weighted by molar-refractivity contribution is 0.0604. The van der Waals surface area contributed by atoms with Crippen LogP contribution in [0.5, 0.6) is 0 Å². The third-order valence-electron chi connectivity index (χ3n) is 4.39. The number of likely N-dealkylation sites (tertiary alicyclic amines) is 1. The largest absolute Gasteiger partial charge is 0.330 e. The van der Waals surface area contributed by atoms with Crippen molar-refractivity contribution < 1.29 is 0 Å². The second-order valence-electron chi connectivity index (χ2n) is 5.54. The molecule has 0 saturated carbocycles. The number of piperidine rings is 2. The van der Waals surface area contributed by atoms with Gasteiger partial charge in [-0.3, -0.25) is 4.90 Å². The van der Waals surface area contributed by atoms with Crippen LogP contribution in [0, 0.1) is 5.92 Å². The molecular formula is C13H27N3. The molecule has 1 unspecified atom stereocenters. The third-order valence-corrected chi connectivity index (χ3v) is 4.39. The van der Waals surface area contributed by atoms with Gasteiger partial charge in [0.1, 0.15) is 0 Å². The summed E-state index contributed by atoms with van der Waals surface area (Å²) in [5, 5.41) is 3.45. The van der Waals surface area contributed by atoms with Crippen molar-refractivity contribution in [3.63, 3.8) is 0 Å². The maximum Gasteiger partial charge on any atom is 0.0122 e. The predicted octanol–water partition coefficient (Wildman–Crippen LogP) is 1.19. The molecule has 0 bridgehead atoms. The molecule has 3 heteroatoms. The fourth-order valence-corrected chi connectivity index (χ4v) is 3.47. The maximum atomic E-state index is 5.66. The molecule has 3 N–H and O–H groups in total. The second kappa shape index (κ2) is 5.99. The van der Waals surface area contributed by atoms with Crippen LogP contribution >= 0.6 is 0 Å². The Morgan fingerprint density at radius 1 is 1.25 bits per heavy atom. The molecule has 2 fully saturated rings. The van der Waals surface area contributed by atoms with Crippen molar-refractivity contribution in [3.05, 3.63) is 0 Å². The van der Waals surface area contributed by atoms with Gasteiger partial charge >= 0.3 is 0 Å². The van der Waals surface area contributed by atoms with Crippen LogP contribution in [0.1, 0.15) is 39.0 Å². The molecule has 94 valence electrons. The molecule has 0 aromatic heterocycles. The van der Waals surface area contributed by atoms with Gasteiger partial charge < -0.3 is 11.1 Å². The van der Waals surface area contributed by atoms with Crippen LogP contribution in [0.3, 0.4) is 0 Å². The van der Waals surface area contributed by atoms with Gasteiger partial charge in [-0.2, -0.15) is 0 Å². The minimum Gasteiger partial charge on any atom is -0.330 e. The topological polar surface area (TPSA) is 41.3 Å². The molecule has 2 atom stereocenters. The summed E-state index contributed by atoms with van der Waals surface area (Å²) in [4.78, 5) is 2.76. The van der Waals surface area contributed by atoms with Gasteiger partial charge in [0.25, 0.3) is 0 Å². The highest BCUT2D eigenvalue weighted by Gasteiger charge is 2.30. The Kier molecular flexibility index (Phi) is 4.62. The molecule has 0 amide bonds. The number of hydrogen-bond donors (Lipinski definition) is 2. The highest BCUT2D eigenvalue weighted by Crippen LogP contribution is 2.28. The summed E-state index contributed by atoms with van der Waals surface area (Å²) in [6.07, 6.45) is 6.63. The highest BCUT2D eigenvalue weighted by atomic mass is 15.2. The summed E-state index contributed by atoms with van der Waals surface area (Å²) in [5.74, 6) is 0.887. The quantitative estimate of drug-likeness (QED) is 0.758. The molecule has 16 heavy (non-hydrogen) atoms. The van der Waals surface area contributed by atoms with Gasteiger partial charge in [0.05, 0.1) is 0 Å². The second-order valence-corrected chi connectivity index (χ2v) is 5.54. The minimum atomic E-state index is 0.772. The van der Waals surface area contributed by atoms with Crippen LogP contribution < -0.4 is 11.1 Å². The lowest BCUT2D eigenvalue weighted by Gasteiger charge is -2.44. The van der Waals surface area contributed by atoms with Crippen molar-refractivity contribution in [1.82, 2.24) is 10.2 Å². The summed E-state index contributed by atoms with van der Waals surface area (Å²) in [5.41, 5.74) is 5.66. The van der Waals surface area contributed by atoms with Gasteiger partial charge in [-0.05, 0) is 71.1 Å². The smallest absolute Gasteiger partial charge is 0.0122 e. The molecule has 2 saturated heterocycles. The van der Waals surface area contributed by atoms with Crippen LogP contribution in [-0.2, 0) is 0 Å². The lowest BCUT2D eigenvalue weighted by Crippen LogP contribution is -2.50. The van der Waals surface area contributed by atoms with Gasteiger partial charge in [-0.25, -0.2) is 0 Å². The Labute approximate surface area is 99.8 Å². The number of nitrogens with zero attached hydrogens (tertiary/aromatic N) is 1. The Morgan fingerprint density at radius 3 is 2.62 bits per heavy atom. The predicted molar refractivity (Wildman–Crippen MR) is 68.5 cm³/mol. The van der Waals surface area contributed by atoms with Gasteiger partial charge in [-0.15, -0.1) is 0 Å². The molecule has 0 aromatic carbocycles. The standard InChI is InChI=1S/C13H27N3/c1-11-10-12(2-6-14)5-9-16(11)13-3-7-15-8-4-13/h11-13,15H,2-10,14H2,1H3/t11-,12?/m1/s1. The van der Waals surface area contributed by atoms with Gasteiger partial charge in [0, 0.05) is 12.1 Å². The van der Waals surface area contributed by atoms with Crippen molar-refractivity contribution in [2.24, 2.45) is 11.7 Å². The third kappa shape index (κ3) is 2.96. The fraction of sp³-hybridized carbons (Fsp3) is 1.00. The molecule has 2 heterocycles. The molecule has 0 radical (unpaired) electrons. The monoisotopic (exact) mass is 225 g/mol. The van der Waals surface area contributed by atoms with E-state index in [0.717, 1.165) is 24.5 Å². The summed E-state index contributed by atoms with van der Waals surface area (Å²) in [6, 6.07) is 1.61. The number of nitrogens with one attached hydrogen (secondary N) is 1. The van der Waals surface area contributed by atoms with E-state index in [9.17, 15) is 0 Å². The van der Waals surface area contributed by atoms with Gasteiger partial charge in [-0.1, -0.05) is 0 Å². The number of rotatable bonds is 3. The van der Waals surface area contributed by atoms with Crippen LogP contribution in [0.15, 0.2) is 0 Å². The van der Waals surface area contributed by atoms with Crippen LogP contribution in [0.25, 0.3) is 0 Å². The first kappa shape index (κ1) is 12.3. The summed E-state index contributed by atoms with van der Waals surface area (Å²) in [7, 11) is 0. The molecule has 0 aromatic rings. The van der Waals surface area contributed by atoms with Gasteiger partial charge in [0.15, 0.2) is 0 Å². The average molecular weight is 225 g/mol. The van der Waals surface area contributed by atoms with E-state index in [-0.39, 0.29) is 0 Å². The van der Waals surface area contributed by atoms with E-state index in [4.69, 9.17) is 5.73 Å². The first-order valence-corrected chi connectivity index (χ1v) is 6.97. The van der Waals surface area contributed by atoms with Crippen molar-refractivity contribution in [1.29, 1.82) is 0 Å². The van der Waals surface area contributed by atoms with Crippen molar-refractivity contribution in [2.75, 3.05) is 26.2 Å². The molecule has 0 aliphatic carbocycles. The van der Waals surface area contributed by atoms with Crippen molar-refractivity contribution in [2.45, 2.75) is 51.1 Å². The van der Waals surface area contributed by atoms with Crippen molar-refractivity contribution in [3.8, 4) is 0 Å². The minimum absolute atomic E-state index is 0.772. The highest BCUT2D eigenvalue weighted by molar-refractivity contribution is 4.86. The number of hydrogen-bond acceptors (Lipinski definition) is 3. The van der Waals surface area contributed by atoms with Gasteiger partial charge in [0.2, 0.25) is 0 Å². The fourth-order valence-electron chi connectivity index (χ4n) is 3.47. The Morgan fingerprint density at radius 2 is 2.00 bits per heavy atom. The zero-order chi connectivity index (χ0) is 11.4. The van der Waals surface area contributed by atoms with Crippen LogP contribution in [-0.4, -0.2) is 43.2 Å². The van der Waals surface area contributed by atoms with Crippen LogP contribution in [0.2, 0.25) is 0 Å². The van der Waals surface area contributed by atoms with E-state index in [1.807, 2.05) is 0 Å². The molecular weight excluding hydrogens is 198 g/mol. The van der Waals surface area contributed by atoms with E-state index in [2.05, 4.69) is 17.1 Å². The zero-order valence-corrected chi connectivity index (χ0v) is 10.6. The SMILES string of the molecule is C[C@@H]1CC(CCN)CCN1C1CCNCC1. The molecule has 2 aliphatic rings. The van der Waals surface area contributed by atoms with E-state index >= 15 is 0 Å². The first-order valence-electron chi connectivity index (χ1n) is 6.97. The summed E-state index contributed by atoms with van der Waals surface area (Å²) < 4.78 is 0. The van der Waals surface area contributed by atoms with E-state index < -0.39 is 0 Å². The van der Waals surface area contributed by atoms with Crippen molar-refractivity contribution >= 4 is 0 Å². The molecule has 0 spiro atoms. The Balaban J connectivity index is 1.83. The first-order chi connectivity index (χ1) is 7.81. The summed E-state index contributed by atoms with van der Waals surface area (Å²) >= 11 is 0. The van der Waals surface area contributed by atoms with Crippen LogP contribution in [0.4, 0.5) is 0 Å². The number of nitrogens with two attached hydrogens (primary N) is 1. The van der Waals surface area contributed by atoms with E-state index in [1.165, 1.54) is 51.7 Å².